The van der Waals surface area contributed by atoms with Crippen LogP contribution in [0.5, 0.6) is 11.5 Å². The Morgan fingerprint density at radius 1 is 0.735 bits per heavy atom. The summed E-state index contributed by atoms with van der Waals surface area (Å²) in [5.74, 6) is -0.697. The summed E-state index contributed by atoms with van der Waals surface area (Å²) < 4.78 is 32.9. The van der Waals surface area contributed by atoms with Crippen molar-refractivity contribution in [2.24, 2.45) is 11.8 Å². The third kappa shape index (κ3) is 7.10. The minimum atomic E-state index is -0.820. The number of nitrogens with zero attached hydrogens (tertiary/aromatic N) is 1. The summed E-state index contributed by atoms with van der Waals surface area (Å²) in [4.78, 5) is 29.6. The Hall–Kier alpha value is -3.84. The van der Waals surface area contributed by atoms with Gasteiger partial charge in [-0.05, 0) is 71.5 Å². The molecule has 2 amide bonds. The van der Waals surface area contributed by atoms with Crippen LogP contribution < -0.4 is 14.4 Å². The fourth-order valence-corrected chi connectivity index (χ4v) is 7.42. The number of carbonyl (C=O) groups is 2. The van der Waals surface area contributed by atoms with E-state index in [9.17, 15) is 19.8 Å². The molecular formula is C38H43NO10. The van der Waals surface area contributed by atoms with Gasteiger partial charge in [-0.1, -0.05) is 30.3 Å². The molecule has 49 heavy (non-hydrogen) atoms. The van der Waals surface area contributed by atoms with Crippen molar-refractivity contribution in [2.75, 3.05) is 64.9 Å². The third-order valence-corrected chi connectivity index (χ3v) is 9.69. The third-order valence-electron chi connectivity index (χ3n) is 9.69. The number of methoxy groups -OCH3 is 1. The SMILES string of the molecule is COCC(O)COCCCCOCC(O)COc1ccc2c(c1)C1c3ccccc3C2C2C(=O)N(c3ccc(OCC4CO4)cc3)C(=O)C12. The van der Waals surface area contributed by atoms with Crippen LogP contribution in [0.4, 0.5) is 5.69 Å². The van der Waals surface area contributed by atoms with Gasteiger partial charge in [0.2, 0.25) is 11.8 Å². The van der Waals surface area contributed by atoms with Crippen LogP contribution in [0.2, 0.25) is 0 Å². The van der Waals surface area contributed by atoms with Gasteiger partial charge >= 0.3 is 0 Å². The van der Waals surface area contributed by atoms with Gasteiger partial charge in [-0.3, -0.25) is 9.59 Å². The van der Waals surface area contributed by atoms with Crippen LogP contribution in [0.3, 0.4) is 0 Å². The molecule has 0 spiro atoms. The number of ether oxygens (including phenoxy) is 6. The number of unbranched alkanes of at least 4 members (excludes halogenated alkanes) is 1. The zero-order chi connectivity index (χ0) is 33.9. The molecule has 0 radical (unpaired) electrons. The first-order valence-electron chi connectivity index (χ1n) is 17.0. The Morgan fingerprint density at radius 3 is 1.92 bits per heavy atom. The highest BCUT2D eigenvalue weighted by atomic mass is 16.6. The Balaban J connectivity index is 0.982. The monoisotopic (exact) mass is 673 g/mol. The normalized spacial score (nSPS) is 24.3. The van der Waals surface area contributed by atoms with Gasteiger partial charge in [-0.25, -0.2) is 4.90 Å². The van der Waals surface area contributed by atoms with E-state index in [1.807, 2.05) is 30.3 Å². The highest BCUT2D eigenvalue weighted by molar-refractivity contribution is 6.23. The number of aliphatic hydroxyl groups is 2. The van der Waals surface area contributed by atoms with Gasteiger partial charge in [0.15, 0.2) is 0 Å². The van der Waals surface area contributed by atoms with E-state index in [4.69, 9.17) is 28.4 Å². The van der Waals surface area contributed by atoms with Gasteiger partial charge in [0.05, 0.1) is 44.0 Å². The number of benzene rings is 3. The number of amides is 2. The number of carbonyl (C=O) groups excluding carboxylic acids is 2. The average Bonchev–Trinajstić information content (AvgIpc) is 3.91. The standard InChI is InChI=1S/C38H43NO10/c1-44-17-24(40)18-45-14-4-5-15-46-19-25(41)20-47-27-12-13-31-32(16-27)34-30-7-3-2-6-29(30)33(31)35-36(34)38(43)39(37(35)42)23-8-10-26(11-9-23)48-21-28-22-49-28/h2-3,6-13,16,24-25,28,33-36,40-41H,4-5,14-15,17-22H2,1H3. The fraction of sp³-hybridized carbons (Fsp3) is 0.474. The molecule has 3 aromatic carbocycles. The van der Waals surface area contributed by atoms with Crippen LogP contribution >= 0.6 is 0 Å². The molecule has 260 valence electrons. The molecule has 5 aliphatic rings. The molecule has 2 bridgehead atoms. The van der Waals surface area contributed by atoms with E-state index in [-0.39, 0.29) is 56.2 Å². The molecule has 0 saturated carbocycles. The molecule has 2 saturated heterocycles. The summed E-state index contributed by atoms with van der Waals surface area (Å²) >= 11 is 0. The van der Waals surface area contributed by atoms with Crippen molar-refractivity contribution < 1.29 is 48.2 Å². The summed E-state index contributed by atoms with van der Waals surface area (Å²) in [6, 6.07) is 21.1. The molecule has 2 N–H and O–H groups in total. The van der Waals surface area contributed by atoms with E-state index < -0.39 is 24.0 Å². The lowest BCUT2D eigenvalue weighted by Gasteiger charge is -2.46. The van der Waals surface area contributed by atoms with Crippen molar-refractivity contribution in [2.45, 2.75) is 43.0 Å². The first-order chi connectivity index (χ1) is 23.9. The number of hydrogen-bond donors (Lipinski definition) is 2. The molecule has 11 heteroatoms. The van der Waals surface area contributed by atoms with Crippen LogP contribution in [0.1, 0.15) is 46.9 Å². The minimum absolute atomic E-state index is 0.0502. The van der Waals surface area contributed by atoms with E-state index in [1.54, 1.807) is 24.3 Å². The first kappa shape index (κ1) is 33.6. The van der Waals surface area contributed by atoms with Crippen molar-refractivity contribution in [3.8, 4) is 11.5 Å². The van der Waals surface area contributed by atoms with Gasteiger partial charge in [-0.2, -0.15) is 0 Å². The zero-order valence-electron chi connectivity index (χ0n) is 27.6. The van der Waals surface area contributed by atoms with Crippen LogP contribution in [0, 0.1) is 11.8 Å². The van der Waals surface area contributed by atoms with E-state index in [0.717, 1.165) is 35.1 Å². The average molecular weight is 674 g/mol. The lowest BCUT2D eigenvalue weighted by atomic mass is 9.55. The van der Waals surface area contributed by atoms with Gasteiger partial charge in [0, 0.05) is 32.2 Å². The Bertz CT molecular complexity index is 1620. The summed E-state index contributed by atoms with van der Waals surface area (Å²) in [6.07, 6.45) is 0.225. The predicted molar refractivity (Wildman–Crippen MR) is 178 cm³/mol. The van der Waals surface area contributed by atoms with Crippen molar-refractivity contribution in [1.82, 2.24) is 0 Å². The van der Waals surface area contributed by atoms with Gasteiger partial charge in [-0.15, -0.1) is 0 Å². The maximum Gasteiger partial charge on any atom is 0.238 e. The Morgan fingerprint density at radius 2 is 1.31 bits per heavy atom. The number of rotatable bonds is 18. The molecule has 11 nitrogen and oxygen atoms in total. The lowest BCUT2D eigenvalue weighted by molar-refractivity contribution is -0.122. The minimum Gasteiger partial charge on any atom is -0.491 e. The van der Waals surface area contributed by atoms with Crippen molar-refractivity contribution in [3.05, 3.63) is 89.0 Å². The van der Waals surface area contributed by atoms with Crippen LogP contribution in [0.25, 0.3) is 0 Å². The lowest BCUT2D eigenvalue weighted by Crippen LogP contribution is -2.41. The van der Waals surface area contributed by atoms with Gasteiger partial charge in [0.25, 0.3) is 0 Å². The maximum absolute atomic E-state index is 14.2. The topological polar surface area (TPSA) is 137 Å². The summed E-state index contributed by atoms with van der Waals surface area (Å²) in [5, 5.41) is 20.1. The molecular weight excluding hydrogens is 630 g/mol. The molecule has 3 aliphatic carbocycles. The fourth-order valence-electron chi connectivity index (χ4n) is 7.42. The number of epoxide rings is 1. The second-order valence-corrected chi connectivity index (χ2v) is 13.1. The maximum atomic E-state index is 14.2. The molecule has 2 heterocycles. The number of imide groups is 1. The van der Waals surface area contributed by atoms with Crippen LogP contribution in [0.15, 0.2) is 66.7 Å². The summed E-state index contributed by atoms with van der Waals surface area (Å²) in [6.45, 7) is 2.83. The number of hydrogen-bond acceptors (Lipinski definition) is 10. The van der Waals surface area contributed by atoms with Crippen molar-refractivity contribution in [3.63, 3.8) is 0 Å². The van der Waals surface area contributed by atoms with E-state index in [1.165, 1.54) is 12.0 Å². The highest BCUT2D eigenvalue weighted by Gasteiger charge is 2.61. The quantitative estimate of drug-likeness (QED) is 0.117. The smallest absolute Gasteiger partial charge is 0.238 e. The predicted octanol–water partition coefficient (Wildman–Crippen LogP) is 3.42. The summed E-state index contributed by atoms with van der Waals surface area (Å²) in [5.41, 5.74) is 4.72. The zero-order valence-corrected chi connectivity index (χ0v) is 27.6. The molecule has 7 unspecified atom stereocenters. The number of anilines is 1. The summed E-state index contributed by atoms with van der Waals surface area (Å²) in [7, 11) is 1.53. The molecule has 0 aromatic heterocycles. The van der Waals surface area contributed by atoms with Crippen LogP contribution in [-0.4, -0.2) is 100 Å². The van der Waals surface area contributed by atoms with E-state index in [2.05, 4.69) is 12.1 Å². The first-order valence-corrected chi connectivity index (χ1v) is 17.0. The molecule has 2 fully saturated rings. The Labute approximate surface area is 285 Å². The second-order valence-electron chi connectivity index (χ2n) is 13.1. The molecule has 3 aromatic rings. The molecule has 2 aliphatic heterocycles. The highest BCUT2D eigenvalue weighted by Crippen LogP contribution is 2.61. The van der Waals surface area contributed by atoms with E-state index >= 15 is 0 Å². The number of aliphatic hydroxyl groups excluding tert-OH is 2. The molecule has 7 atom stereocenters. The van der Waals surface area contributed by atoms with Crippen molar-refractivity contribution >= 4 is 17.5 Å². The van der Waals surface area contributed by atoms with Gasteiger partial charge in [0.1, 0.15) is 43.0 Å². The van der Waals surface area contributed by atoms with Gasteiger partial charge < -0.3 is 38.6 Å². The largest absolute Gasteiger partial charge is 0.491 e. The van der Waals surface area contributed by atoms with E-state index in [0.29, 0.717) is 43.6 Å². The second kappa shape index (κ2) is 15.0. The van der Waals surface area contributed by atoms with Crippen LogP contribution in [-0.2, 0) is 28.5 Å². The Kier molecular flexibility index (Phi) is 10.3. The molecule has 8 rings (SSSR count). The van der Waals surface area contributed by atoms with Crippen molar-refractivity contribution in [1.29, 1.82) is 0 Å².